The molecule has 0 saturated heterocycles. The first-order valence-corrected chi connectivity index (χ1v) is 8.97. The molecule has 0 aliphatic rings. The number of anilines is 1. The van der Waals surface area contributed by atoms with E-state index in [0.29, 0.717) is 11.4 Å². The summed E-state index contributed by atoms with van der Waals surface area (Å²) in [6.07, 6.45) is 4.13. The highest BCUT2D eigenvalue weighted by atomic mass is 35.5. The number of nitrogens with zero attached hydrogens (tertiary/aromatic N) is 1. The van der Waals surface area contributed by atoms with Crippen molar-refractivity contribution in [2.75, 3.05) is 12.4 Å². The van der Waals surface area contributed by atoms with Crippen LogP contribution in [-0.4, -0.2) is 29.1 Å². The highest BCUT2D eigenvalue weighted by molar-refractivity contribution is 6.31. The van der Waals surface area contributed by atoms with E-state index < -0.39 is 6.04 Å². The molecule has 0 saturated carbocycles. The van der Waals surface area contributed by atoms with E-state index in [9.17, 15) is 4.79 Å². The van der Waals surface area contributed by atoms with Crippen molar-refractivity contribution < 1.29 is 9.53 Å². The van der Waals surface area contributed by atoms with Gasteiger partial charge in [-0.2, -0.15) is 0 Å². The molecule has 4 rings (SSSR count). The molecular weight excluding hydrogens is 362 g/mol. The van der Waals surface area contributed by atoms with Crippen LogP contribution < -0.4 is 5.32 Å². The fourth-order valence-corrected chi connectivity index (χ4v) is 3.46. The monoisotopic (exact) mass is 379 g/mol. The number of para-hydroxylation sites is 1. The van der Waals surface area contributed by atoms with Gasteiger partial charge in [-0.15, -0.1) is 0 Å². The summed E-state index contributed by atoms with van der Waals surface area (Å²) in [6, 6.07) is 14.8. The maximum Gasteiger partial charge on any atom is 0.328 e. The molecule has 0 spiro atoms. The number of H-pyrrole nitrogens is 1. The van der Waals surface area contributed by atoms with Crippen molar-refractivity contribution in [1.29, 1.82) is 0 Å². The Kier molecular flexibility index (Phi) is 4.69. The number of carbonyl (C=O) groups is 1. The highest BCUT2D eigenvalue weighted by Gasteiger charge is 2.22. The second-order valence-corrected chi connectivity index (χ2v) is 6.74. The minimum Gasteiger partial charge on any atom is -0.467 e. The van der Waals surface area contributed by atoms with Crippen molar-refractivity contribution in [2.45, 2.75) is 12.5 Å². The zero-order valence-corrected chi connectivity index (χ0v) is 15.5. The lowest BCUT2D eigenvalue weighted by atomic mass is 10.0. The number of hydrogen-bond acceptors (Lipinski definition) is 4. The lowest BCUT2D eigenvalue weighted by Gasteiger charge is -2.18. The molecular formula is C21H18ClN3O2. The molecule has 2 aromatic heterocycles. The van der Waals surface area contributed by atoms with Gasteiger partial charge in [-0.25, -0.2) is 4.79 Å². The number of aromatic amines is 1. The molecule has 4 aromatic rings. The third kappa shape index (κ3) is 3.46. The van der Waals surface area contributed by atoms with E-state index in [2.05, 4.69) is 15.3 Å². The van der Waals surface area contributed by atoms with Crippen LogP contribution in [-0.2, 0) is 16.0 Å². The molecule has 6 heteroatoms. The third-order valence-corrected chi connectivity index (χ3v) is 4.85. The zero-order valence-electron chi connectivity index (χ0n) is 14.7. The zero-order chi connectivity index (χ0) is 18.8. The van der Waals surface area contributed by atoms with Crippen molar-refractivity contribution >= 4 is 45.1 Å². The topological polar surface area (TPSA) is 67.0 Å². The fraction of sp³-hybridized carbons (Fsp3) is 0.143. The number of hydrogen-bond donors (Lipinski definition) is 2. The molecule has 2 heterocycles. The molecule has 0 amide bonds. The Hall–Kier alpha value is -3.05. The number of esters is 1. The Labute approximate surface area is 161 Å². The minimum atomic E-state index is -0.532. The summed E-state index contributed by atoms with van der Waals surface area (Å²) in [6.45, 7) is 0. The number of rotatable bonds is 5. The van der Waals surface area contributed by atoms with Crippen molar-refractivity contribution in [1.82, 2.24) is 9.97 Å². The number of nitrogens with one attached hydrogen (secondary N) is 2. The summed E-state index contributed by atoms with van der Waals surface area (Å²) in [5.74, 6) is -0.320. The number of pyridine rings is 1. The molecule has 2 aromatic carbocycles. The predicted octanol–water partition coefficient (Wildman–Crippen LogP) is 4.57. The number of halogens is 1. The van der Waals surface area contributed by atoms with Gasteiger partial charge in [0.15, 0.2) is 0 Å². The smallest absolute Gasteiger partial charge is 0.328 e. The number of ether oxygens (including phenoxy) is 1. The number of aromatic nitrogens is 2. The molecule has 136 valence electrons. The van der Waals surface area contributed by atoms with Crippen molar-refractivity contribution in [3.05, 3.63) is 71.5 Å². The van der Waals surface area contributed by atoms with Crippen molar-refractivity contribution in [3.8, 4) is 0 Å². The van der Waals surface area contributed by atoms with Gasteiger partial charge in [0.25, 0.3) is 0 Å². The fourth-order valence-electron chi connectivity index (χ4n) is 3.29. The van der Waals surface area contributed by atoms with Gasteiger partial charge in [0.2, 0.25) is 0 Å². The van der Waals surface area contributed by atoms with Crippen LogP contribution >= 0.6 is 11.6 Å². The highest BCUT2D eigenvalue weighted by Crippen LogP contribution is 2.26. The van der Waals surface area contributed by atoms with E-state index in [1.807, 2.05) is 48.7 Å². The molecule has 0 bridgehead atoms. The average Bonchev–Trinajstić information content (AvgIpc) is 3.09. The van der Waals surface area contributed by atoms with Crippen LogP contribution in [0.4, 0.5) is 5.69 Å². The van der Waals surface area contributed by atoms with Gasteiger partial charge in [0.05, 0.1) is 12.6 Å². The minimum absolute atomic E-state index is 0.320. The Balaban J connectivity index is 1.68. The van der Waals surface area contributed by atoms with Gasteiger partial charge in [0.1, 0.15) is 6.04 Å². The SMILES string of the molecule is COC(=O)C(Cc1c[nH]c2ccccc12)Nc1ccnc2cc(Cl)ccc12. The third-order valence-electron chi connectivity index (χ3n) is 4.62. The lowest BCUT2D eigenvalue weighted by molar-refractivity contribution is -0.141. The van der Waals surface area contributed by atoms with E-state index in [-0.39, 0.29) is 5.97 Å². The molecule has 0 radical (unpaired) electrons. The first-order valence-electron chi connectivity index (χ1n) is 8.59. The number of fused-ring (bicyclic) bond motifs is 2. The quantitative estimate of drug-likeness (QED) is 0.498. The molecule has 1 unspecified atom stereocenters. The second kappa shape index (κ2) is 7.29. The van der Waals surface area contributed by atoms with Crippen LogP contribution in [0.2, 0.25) is 5.02 Å². The first-order chi connectivity index (χ1) is 13.2. The summed E-state index contributed by atoms with van der Waals surface area (Å²) in [4.78, 5) is 20.0. The number of methoxy groups -OCH3 is 1. The summed E-state index contributed by atoms with van der Waals surface area (Å²) in [5.41, 5.74) is 3.67. The summed E-state index contributed by atoms with van der Waals surface area (Å²) < 4.78 is 5.03. The summed E-state index contributed by atoms with van der Waals surface area (Å²) in [5, 5.41) is 5.94. The van der Waals surface area contributed by atoms with Crippen LogP contribution in [0.1, 0.15) is 5.56 Å². The van der Waals surface area contributed by atoms with Gasteiger partial charge in [-0.3, -0.25) is 4.98 Å². The Morgan fingerprint density at radius 1 is 1.22 bits per heavy atom. The Morgan fingerprint density at radius 2 is 2.07 bits per heavy atom. The van der Waals surface area contributed by atoms with Crippen LogP contribution in [0.5, 0.6) is 0 Å². The largest absolute Gasteiger partial charge is 0.467 e. The Bertz CT molecular complexity index is 1120. The molecule has 27 heavy (non-hydrogen) atoms. The van der Waals surface area contributed by atoms with E-state index in [4.69, 9.17) is 16.3 Å². The average molecular weight is 380 g/mol. The maximum absolute atomic E-state index is 12.4. The van der Waals surface area contributed by atoms with E-state index in [1.54, 1.807) is 12.3 Å². The standard InChI is InChI=1S/C21H18ClN3O2/c1-27-21(26)20(10-13-12-24-17-5-3-2-4-15(13)17)25-18-8-9-23-19-11-14(22)6-7-16(18)19/h2-9,11-12,20,24H,10H2,1H3,(H,23,25). The molecule has 5 nitrogen and oxygen atoms in total. The number of benzene rings is 2. The van der Waals surface area contributed by atoms with Crippen LogP contribution in [0, 0.1) is 0 Å². The summed E-state index contributed by atoms with van der Waals surface area (Å²) in [7, 11) is 1.40. The van der Waals surface area contributed by atoms with Gasteiger partial charge in [0, 0.05) is 45.8 Å². The van der Waals surface area contributed by atoms with Crippen LogP contribution in [0.3, 0.4) is 0 Å². The second-order valence-electron chi connectivity index (χ2n) is 6.30. The van der Waals surface area contributed by atoms with Crippen molar-refractivity contribution in [3.63, 3.8) is 0 Å². The van der Waals surface area contributed by atoms with E-state index in [1.165, 1.54) is 7.11 Å². The summed E-state index contributed by atoms with van der Waals surface area (Å²) >= 11 is 6.06. The van der Waals surface area contributed by atoms with Gasteiger partial charge in [-0.05, 0) is 35.9 Å². The normalized spacial score (nSPS) is 12.2. The van der Waals surface area contributed by atoms with Gasteiger partial charge < -0.3 is 15.0 Å². The van der Waals surface area contributed by atoms with Crippen LogP contribution in [0.25, 0.3) is 21.8 Å². The molecule has 1 atom stereocenters. The van der Waals surface area contributed by atoms with Gasteiger partial charge in [-0.1, -0.05) is 29.8 Å². The Morgan fingerprint density at radius 3 is 2.93 bits per heavy atom. The number of carbonyl (C=O) groups excluding carboxylic acids is 1. The lowest BCUT2D eigenvalue weighted by Crippen LogP contribution is -2.32. The van der Waals surface area contributed by atoms with Gasteiger partial charge >= 0.3 is 5.97 Å². The predicted molar refractivity (Wildman–Crippen MR) is 108 cm³/mol. The maximum atomic E-state index is 12.4. The molecule has 0 aliphatic heterocycles. The molecule has 0 aliphatic carbocycles. The van der Waals surface area contributed by atoms with E-state index >= 15 is 0 Å². The van der Waals surface area contributed by atoms with Crippen molar-refractivity contribution in [2.24, 2.45) is 0 Å². The molecule has 0 fully saturated rings. The molecule has 2 N–H and O–H groups in total. The first kappa shape index (κ1) is 17.4. The van der Waals surface area contributed by atoms with E-state index in [0.717, 1.165) is 33.1 Å². The van der Waals surface area contributed by atoms with Crippen LogP contribution in [0.15, 0.2) is 60.9 Å².